The number of benzene rings is 2. The molecule has 122 valence electrons. The predicted molar refractivity (Wildman–Crippen MR) is 96.2 cm³/mol. The smallest absolute Gasteiger partial charge is 0.244 e. The Bertz CT molecular complexity index is 830. The molecule has 0 atom stereocenters. The van der Waals surface area contributed by atoms with Crippen LogP contribution < -0.4 is 4.74 Å². The molecule has 1 aromatic heterocycles. The molecule has 3 aromatic rings. The maximum Gasteiger partial charge on any atom is 0.244 e. The Labute approximate surface area is 146 Å². The van der Waals surface area contributed by atoms with Gasteiger partial charge in [-0.05, 0) is 45.0 Å². The van der Waals surface area contributed by atoms with E-state index < -0.39 is 0 Å². The molecule has 0 N–H and O–H groups in total. The number of nitrogens with zero attached hydrogens (tertiary/aromatic N) is 3. The van der Waals surface area contributed by atoms with Crippen LogP contribution in [0.25, 0.3) is 22.6 Å². The lowest BCUT2D eigenvalue weighted by atomic mass is 10.1. The topological polar surface area (TPSA) is 47.9 Å². The molecular weight excluding hydrogens is 322 g/mol. The molecule has 0 aliphatic carbocycles. The number of hydrogen-bond acceptors (Lipinski definition) is 4. The summed E-state index contributed by atoms with van der Waals surface area (Å²) in [6.45, 7) is 5.97. The van der Waals surface area contributed by atoms with Crippen LogP contribution >= 0.6 is 11.6 Å². The molecule has 0 aliphatic rings. The number of halogens is 1. The van der Waals surface area contributed by atoms with Crippen molar-refractivity contribution >= 4 is 11.6 Å². The summed E-state index contributed by atoms with van der Waals surface area (Å²) in [7, 11) is 0. The SMILES string of the molecule is Cc1ccc(-c2nnc(-c3ccc(Cl)cc3)nc2OC(C)C)cc1. The van der Waals surface area contributed by atoms with Gasteiger partial charge in [-0.3, -0.25) is 0 Å². The molecule has 0 amide bonds. The molecule has 1 heterocycles. The van der Waals surface area contributed by atoms with Gasteiger partial charge in [-0.1, -0.05) is 41.4 Å². The summed E-state index contributed by atoms with van der Waals surface area (Å²) in [6.07, 6.45) is -0.0102. The highest BCUT2D eigenvalue weighted by atomic mass is 35.5. The number of rotatable bonds is 4. The molecule has 0 spiro atoms. The minimum atomic E-state index is -0.0102. The van der Waals surface area contributed by atoms with E-state index in [4.69, 9.17) is 16.3 Å². The normalized spacial score (nSPS) is 10.9. The molecule has 24 heavy (non-hydrogen) atoms. The predicted octanol–water partition coefficient (Wildman–Crippen LogP) is 4.95. The van der Waals surface area contributed by atoms with E-state index in [2.05, 4.69) is 15.2 Å². The molecule has 0 fully saturated rings. The molecule has 2 aromatic carbocycles. The maximum absolute atomic E-state index is 5.94. The van der Waals surface area contributed by atoms with E-state index in [1.165, 1.54) is 5.56 Å². The summed E-state index contributed by atoms with van der Waals surface area (Å²) >= 11 is 5.94. The summed E-state index contributed by atoms with van der Waals surface area (Å²) < 4.78 is 5.88. The molecule has 0 aliphatic heterocycles. The molecular formula is C19H18ClN3O. The lowest BCUT2D eigenvalue weighted by Crippen LogP contribution is -2.10. The van der Waals surface area contributed by atoms with Crippen molar-refractivity contribution in [1.82, 2.24) is 15.2 Å². The molecule has 3 rings (SSSR count). The van der Waals surface area contributed by atoms with Crippen molar-refractivity contribution in [1.29, 1.82) is 0 Å². The van der Waals surface area contributed by atoms with Crippen LogP contribution in [0.4, 0.5) is 0 Å². The van der Waals surface area contributed by atoms with Gasteiger partial charge in [0.15, 0.2) is 11.5 Å². The standard InChI is InChI=1S/C19H18ClN3O/c1-12(2)24-19-17(14-6-4-13(3)5-7-14)22-23-18(21-19)15-8-10-16(20)11-9-15/h4-12H,1-3H3. The van der Waals surface area contributed by atoms with E-state index in [1.807, 2.05) is 57.2 Å². The molecule has 0 bridgehead atoms. The molecule has 0 radical (unpaired) electrons. The maximum atomic E-state index is 5.94. The highest BCUT2D eigenvalue weighted by molar-refractivity contribution is 6.30. The second-order valence-electron chi connectivity index (χ2n) is 5.83. The van der Waals surface area contributed by atoms with Gasteiger partial charge in [0.1, 0.15) is 0 Å². The quantitative estimate of drug-likeness (QED) is 0.674. The second-order valence-corrected chi connectivity index (χ2v) is 6.27. The zero-order valence-electron chi connectivity index (χ0n) is 13.8. The van der Waals surface area contributed by atoms with Crippen LogP contribution in [0.15, 0.2) is 48.5 Å². The van der Waals surface area contributed by atoms with E-state index in [0.717, 1.165) is 11.1 Å². The van der Waals surface area contributed by atoms with E-state index in [0.29, 0.717) is 22.4 Å². The second kappa shape index (κ2) is 6.97. The van der Waals surface area contributed by atoms with Gasteiger partial charge in [-0.2, -0.15) is 4.98 Å². The van der Waals surface area contributed by atoms with Crippen LogP contribution in [0.1, 0.15) is 19.4 Å². The van der Waals surface area contributed by atoms with Crippen molar-refractivity contribution in [3.8, 4) is 28.5 Å². The van der Waals surface area contributed by atoms with Crippen LogP contribution in [0.3, 0.4) is 0 Å². The van der Waals surface area contributed by atoms with Crippen molar-refractivity contribution in [2.24, 2.45) is 0 Å². The highest BCUT2D eigenvalue weighted by Gasteiger charge is 2.15. The van der Waals surface area contributed by atoms with Gasteiger partial charge in [0, 0.05) is 16.1 Å². The van der Waals surface area contributed by atoms with Gasteiger partial charge in [-0.15, -0.1) is 10.2 Å². The summed E-state index contributed by atoms with van der Waals surface area (Å²) in [4.78, 5) is 4.57. The van der Waals surface area contributed by atoms with Gasteiger partial charge >= 0.3 is 0 Å². The largest absolute Gasteiger partial charge is 0.473 e. The first-order valence-corrected chi connectivity index (χ1v) is 8.15. The van der Waals surface area contributed by atoms with E-state index in [1.54, 1.807) is 12.1 Å². The van der Waals surface area contributed by atoms with E-state index >= 15 is 0 Å². The number of aromatic nitrogens is 3. The molecule has 5 heteroatoms. The highest BCUT2D eigenvalue weighted by Crippen LogP contribution is 2.29. The Hall–Kier alpha value is -2.46. The van der Waals surface area contributed by atoms with Gasteiger partial charge < -0.3 is 4.74 Å². The molecule has 0 unspecified atom stereocenters. The van der Waals surface area contributed by atoms with Gasteiger partial charge in [-0.25, -0.2) is 0 Å². The van der Waals surface area contributed by atoms with Crippen molar-refractivity contribution in [2.45, 2.75) is 26.9 Å². The minimum Gasteiger partial charge on any atom is -0.473 e. The van der Waals surface area contributed by atoms with Gasteiger partial charge in [0.05, 0.1) is 6.10 Å². The Balaban J connectivity index is 2.06. The monoisotopic (exact) mass is 339 g/mol. The average molecular weight is 340 g/mol. The number of ether oxygens (including phenoxy) is 1. The van der Waals surface area contributed by atoms with Crippen molar-refractivity contribution < 1.29 is 4.74 Å². The first-order chi connectivity index (χ1) is 11.5. The molecule has 0 saturated carbocycles. The lowest BCUT2D eigenvalue weighted by Gasteiger charge is -2.13. The lowest BCUT2D eigenvalue weighted by molar-refractivity contribution is 0.232. The number of hydrogen-bond donors (Lipinski definition) is 0. The van der Waals surface area contributed by atoms with Crippen LogP contribution in [0, 0.1) is 6.92 Å². The van der Waals surface area contributed by atoms with Crippen molar-refractivity contribution in [2.75, 3.05) is 0 Å². The summed E-state index contributed by atoms with van der Waals surface area (Å²) in [6, 6.07) is 15.4. The van der Waals surface area contributed by atoms with Crippen LogP contribution in [0.2, 0.25) is 5.02 Å². The Morgan fingerprint density at radius 3 is 2.12 bits per heavy atom. The zero-order valence-corrected chi connectivity index (χ0v) is 14.6. The Morgan fingerprint density at radius 1 is 0.875 bits per heavy atom. The van der Waals surface area contributed by atoms with E-state index in [-0.39, 0.29) is 6.10 Å². The van der Waals surface area contributed by atoms with Crippen LogP contribution in [-0.2, 0) is 0 Å². The third-order valence-corrected chi connectivity index (χ3v) is 3.68. The van der Waals surface area contributed by atoms with Crippen molar-refractivity contribution in [3.63, 3.8) is 0 Å². The van der Waals surface area contributed by atoms with Crippen molar-refractivity contribution in [3.05, 3.63) is 59.1 Å². The summed E-state index contributed by atoms with van der Waals surface area (Å²) in [5, 5.41) is 9.29. The van der Waals surface area contributed by atoms with Crippen LogP contribution in [0.5, 0.6) is 5.88 Å². The summed E-state index contributed by atoms with van der Waals surface area (Å²) in [5.41, 5.74) is 3.60. The molecule has 0 saturated heterocycles. The first kappa shape index (κ1) is 16.4. The van der Waals surface area contributed by atoms with Gasteiger partial charge in [0.2, 0.25) is 5.88 Å². The zero-order chi connectivity index (χ0) is 17.1. The fourth-order valence-corrected chi connectivity index (χ4v) is 2.36. The first-order valence-electron chi connectivity index (χ1n) is 7.77. The number of aryl methyl sites for hydroxylation is 1. The third kappa shape index (κ3) is 3.71. The summed E-state index contributed by atoms with van der Waals surface area (Å²) in [5.74, 6) is 0.993. The fourth-order valence-electron chi connectivity index (χ4n) is 2.23. The van der Waals surface area contributed by atoms with Crippen LogP contribution in [-0.4, -0.2) is 21.3 Å². The van der Waals surface area contributed by atoms with E-state index in [9.17, 15) is 0 Å². The Kier molecular flexibility index (Phi) is 4.76. The Morgan fingerprint density at radius 2 is 1.50 bits per heavy atom. The molecule has 4 nitrogen and oxygen atoms in total. The van der Waals surface area contributed by atoms with Gasteiger partial charge in [0.25, 0.3) is 0 Å². The average Bonchev–Trinajstić information content (AvgIpc) is 2.56. The fraction of sp³-hybridized carbons (Fsp3) is 0.211. The minimum absolute atomic E-state index is 0.0102. The third-order valence-electron chi connectivity index (χ3n) is 3.43.